The standard InChI is InChI=1S/C31H32N6O3/c1-19-12-25(38)13-20(2)26(19)16-27(32)30(39)35-28(15-24-17-33-18-34-24)31-36-29(37-40-31)14-21-8-10-23(11-9-21)22-6-4-3-5-7-22/h3-13,17-18,27-28,38H,14-16,32H2,1-2H3,(H,33,34)(H,35,39). The average molecular weight is 537 g/mol. The number of aromatic amines is 1. The number of phenols is 1. The van der Waals surface area contributed by atoms with E-state index in [1.54, 1.807) is 24.7 Å². The molecule has 2 unspecified atom stereocenters. The number of imidazole rings is 1. The van der Waals surface area contributed by atoms with Gasteiger partial charge in [-0.15, -0.1) is 0 Å². The van der Waals surface area contributed by atoms with Crippen LogP contribution >= 0.6 is 0 Å². The Morgan fingerprint density at radius 2 is 1.73 bits per heavy atom. The third-order valence-electron chi connectivity index (χ3n) is 6.93. The van der Waals surface area contributed by atoms with Crippen LogP contribution in [-0.2, 0) is 24.1 Å². The second-order valence-corrected chi connectivity index (χ2v) is 9.98. The fourth-order valence-corrected chi connectivity index (χ4v) is 4.80. The Kier molecular flexibility index (Phi) is 8.02. The van der Waals surface area contributed by atoms with E-state index in [9.17, 15) is 9.90 Å². The summed E-state index contributed by atoms with van der Waals surface area (Å²) in [6.07, 6.45) is 4.50. The van der Waals surface area contributed by atoms with Crippen molar-refractivity contribution < 1.29 is 14.4 Å². The summed E-state index contributed by atoms with van der Waals surface area (Å²) >= 11 is 0. The van der Waals surface area contributed by atoms with Crippen LogP contribution < -0.4 is 11.1 Å². The summed E-state index contributed by atoms with van der Waals surface area (Å²) in [7, 11) is 0. The first-order valence-electron chi connectivity index (χ1n) is 13.1. The molecule has 204 valence electrons. The second-order valence-electron chi connectivity index (χ2n) is 9.98. The number of aryl methyl sites for hydroxylation is 2. The Labute approximate surface area is 232 Å². The third-order valence-corrected chi connectivity index (χ3v) is 6.93. The number of phenolic OH excluding ortho intramolecular Hbond substituents is 1. The lowest BCUT2D eigenvalue weighted by Crippen LogP contribution is -2.44. The maximum absolute atomic E-state index is 13.2. The SMILES string of the molecule is Cc1cc(O)cc(C)c1CC(N)C(=O)NC(Cc1c[nH]cn1)c1nc(Cc2ccc(-c3ccccc3)cc2)no1. The summed E-state index contributed by atoms with van der Waals surface area (Å²) < 4.78 is 5.61. The minimum Gasteiger partial charge on any atom is -0.508 e. The van der Waals surface area contributed by atoms with Crippen molar-refractivity contribution >= 4 is 5.91 Å². The molecule has 0 radical (unpaired) electrons. The predicted octanol–water partition coefficient (Wildman–Crippen LogP) is 4.34. The third kappa shape index (κ3) is 6.44. The van der Waals surface area contributed by atoms with Crippen molar-refractivity contribution in [1.82, 2.24) is 25.4 Å². The van der Waals surface area contributed by atoms with Gasteiger partial charge in [0.25, 0.3) is 0 Å². The molecule has 0 aliphatic rings. The highest BCUT2D eigenvalue weighted by Crippen LogP contribution is 2.23. The van der Waals surface area contributed by atoms with E-state index in [1.807, 2.05) is 44.2 Å². The van der Waals surface area contributed by atoms with E-state index in [1.165, 1.54) is 0 Å². The molecule has 2 atom stereocenters. The van der Waals surface area contributed by atoms with Crippen LogP contribution in [0, 0.1) is 13.8 Å². The van der Waals surface area contributed by atoms with E-state index in [2.05, 4.69) is 49.7 Å². The summed E-state index contributed by atoms with van der Waals surface area (Å²) in [5.41, 5.74) is 13.1. The zero-order chi connectivity index (χ0) is 28.1. The Bertz CT molecular complexity index is 1540. The van der Waals surface area contributed by atoms with Gasteiger partial charge in [0, 0.05) is 19.0 Å². The fraction of sp³-hybridized carbons (Fsp3) is 0.226. The zero-order valence-electron chi connectivity index (χ0n) is 22.5. The van der Waals surface area contributed by atoms with Crippen molar-refractivity contribution in [3.63, 3.8) is 0 Å². The molecule has 2 heterocycles. The summed E-state index contributed by atoms with van der Waals surface area (Å²) in [4.78, 5) is 25.0. The number of nitrogens with two attached hydrogens (primary N) is 1. The number of nitrogens with one attached hydrogen (secondary N) is 2. The minimum atomic E-state index is -0.811. The Morgan fingerprint density at radius 3 is 2.40 bits per heavy atom. The number of amides is 1. The van der Waals surface area contributed by atoms with Crippen molar-refractivity contribution in [3.05, 3.63) is 119 Å². The molecule has 0 saturated heterocycles. The average Bonchev–Trinajstić information content (AvgIpc) is 3.63. The lowest BCUT2D eigenvalue weighted by molar-refractivity contribution is -0.123. The van der Waals surface area contributed by atoms with Crippen LogP contribution in [0.25, 0.3) is 11.1 Å². The van der Waals surface area contributed by atoms with Gasteiger partial charge in [-0.3, -0.25) is 4.79 Å². The van der Waals surface area contributed by atoms with Gasteiger partial charge >= 0.3 is 0 Å². The molecular formula is C31H32N6O3. The molecule has 0 bridgehead atoms. The topological polar surface area (TPSA) is 143 Å². The van der Waals surface area contributed by atoms with E-state index in [-0.39, 0.29) is 17.5 Å². The van der Waals surface area contributed by atoms with E-state index < -0.39 is 12.1 Å². The minimum absolute atomic E-state index is 0.190. The molecule has 9 nitrogen and oxygen atoms in total. The number of hydrogen-bond donors (Lipinski definition) is 4. The molecule has 0 saturated carbocycles. The smallest absolute Gasteiger partial charge is 0.249 e. The van der Waals surface area contributed by atoms with Gasteiger partial charge in [0.2, 0.25) is 11.8 Å². The van der Waals surface area contributed by atoms with Gasteiger partial charge in [0.15, 0.2) is 5.82 Å². The Balaban J connectivity index is 1.29. The lowest BCUT2D eigenvalue weighted by Gasteiger charge is -2.19. The highest BCUT2D eigenvalue weighted by atomic mass is 16.5. The molecule has 40 heavy (non-hydrogen) atoms. The molecule has 0 spiro atoms. The normalized spacial score (nSPS) is 12.7. The Hall–Kier alpha value is -4.76. The quantitative estimate of drug-likeness (QED) is 0.208. The van der Waals surface area contributed by atoms with Crippen molar-refractivity contribution in [2.45, 2.75) is 45.2 Å². The predicted molar refractivity (Wildman–Crippen MR) is 151 cm³/mol. The Morgan fingerprint density at radius 1 is 1.02 bits per heavy atom. The molecule has 1 amide bonds. The van der Waals surface area contributed by atoms with Crippen LogP contribution in [0.1, 0.15) is 45.7 Å². The number of hydrogen-bond acceptors (Lipinski definition) is 7. The van der Waals surface area contributed by atoms with Crippen LogP contribution in [0.5, 0.6) is 5.75 Å². The molecule has 2 aromatic heterocycles. The van der Waals surface area contributed by atoms with Gasteiger partial charge in [-0.1, -0.05) is 59.8 Å². The van der Waals surface area contributed by atoms with Crippen LogP contribution in [0.2, 0.25) is 0 Å². The molecule has 9 heteroatoms. The summed E-state index contributed by atoms with van der Waals surface area (Å²) in [5.74, 6) is 0.652. The van der Waals surface area contributed by atoms with Crippen LogP contribution in [-0.4, -0.2) is 37.2 Å². The number of rotatable bonds is 10. The number of aromatic nitrogens is 4. The number of benzene rings is 3. The molecule has 5 N–H and O–H groups in total. The van der Waals surface area contributed by atoms with Gasteiger partial charge in [-0.2, -0.15) is 4.98 Å². The van der Waals surface area contributed by atoms with Crippen LogP contribution in [0.3, 0.4) is 0 Å². The number of carbonyl (C=O) groups excluding carboxylic acids is 1. The number of aromatic hydroxyl groups is 1. The molecule has 5 aromatic rings. The van der Waals surface area contributed by atoms with Crippen molar-refractivity contribution in [2.75, 3.05) is 0 Å². The van der Waals surface area contributed by atoms with Crippen LogP contribution in [0.4, 0.5) is 0 Å². The van der Waals surface area contributed by atoms with Gasteiger partial charge < -0.3 is 25.7 Å². The van der Waals surface area contributed by atoms with Crippen molar-refractivity contribution in [3.8, 4) is 16.9 Å². The maximum Gasteiger partial charge on any atom is 0.249 e. The van der Waals surface area contributed by atoms with E-state index in [4.69, 9.17) is 10.3 Å². The van der Waals surface area contributed by atoms with Crippen molar-refractivity contribution in [1.29, 1.82) is 0 Å². The largest absolute Gasteiger partial charge is 0.508 e. The van der Waals surface area contributed by atoms with Gasteiger partial charge in [-0.25, -0.2) is 4.98 Å². The zero-order valence-corrected chi connectivity index (χ0v) is 22.5. The number of H-pyrrole nitrogens is 1. The first-order valence-corrected chi connectivity index (χ1v) is 13.1. The van der Waals surface area contributed by atoms with E-state index >= 15 is 0 Å². The fourth-order valence-electron chi connectivity index (χ4n) is 4.80. The van der Waals surface area contributed by atoms with Gasteiger partial charge in [0.1, 0.15) is 11.8 Å². The molecular weight excluding hydrogens is 504 g/mol. The van der Waals surface area contributed by atoms with Crippen LogP contribution in [0.15, 0.2) is 83.8 Å². The highest BCUT2D eigenvalue weighted by Gasteiger charge is 2.26. The molecule has 3 aromatic carbocycles. The monoisotopic (exact) mass is 536 g/mol. The number of nitrogens with zero attached hydrogens (tertiary/aromatic N) is 3. The molecule has 0 aliphatic carbocycles. The molecule has 0 aliphatic heterocycles. The highest BCUT2D eigenvalue weighted by molar-refractivity contribution is 5.82. The van der Waals surface area contributed by atoms with E-state index in [0.717, 1.165) is 39.1 Å². The lowest BCUT2D eigenvalue weighted by atomic mass is 9.95. The second kappa shape index (κ2) is 12.0. The first-order chi connectivity index (χ1) is 19.4. The maximum atomic E-state index is 13.2. The number of carbonyl (C=O) groups is 1. The van der Waals surface area contributed by atoms with E-state index in [0.29, 0.717) is 25.1 Å². The summed E-state index contributed by atoms with van der Waals surface area (Å²) in [6, 6.07) is 20.4. The van der Waals surface area contributed by atoms with Gasteiger partial charge in [-0.05, 0) is 65.8 Å². The summed E-state index contributed by atoms with van der Waals surface area (Å²) in [5, 5.41) is 17.0. The van der Waals surface area contributed by atoms with Gasteiger partial charge in [0.05, 0.1) is 18.1 Å². The summed E-state index contributed by atoms with van der Waals surface area (Å²) in [6.45, 7) is 3.78. The molecule has 5 rings (SSSR count). The first kappa shape index (κ1) is 26.8. The van der Waals surface area contributed by atoms with Crippen molar-refractivity contribution in [2.24, 2.45) is 5.73 Å². The molecule has 0 fully saturated rings.